The summed E-state index contributed by atoms with van der Waals surface area (Å²) >= 11 is 0. The summed E-state index contributed by atoms with van der Waals surface area (Å²) in [7, 11) is 0. The largest absolute Gasteiger partial charge is 0.479 e. The smallest absolute Gasteiger partial charge is 0.260 e. The van der Waals surface area contributed by atoms with Gasteiger partial charge in [-0.15, -0.1) is 0 Å². The molecule has 2 aromatic rings. The Morgan fingerprint density at radius 1 is 1.24 bits per heavy atom. The van der Waals surface area contributed by atoms with E-state index in [4.69, 9.17) is 4.74 Å². The fraction of sp³-hybridized carbons (Fsp3) is 0.278. The van der Waals surface area contributed by atoms with Crippen molar-refractivity contribution in [3.05, 3.63) is 59.7 Å². The molecule has 0 bridgehead atoms. The number of nitrogens with one attached hydrogen (secondary N) is 2. The molecule has 1 unspecified atom stereocenters. The maximum atomic E-state index is 13.4. The number of carbonyl (C=O) groups is 2. The first-order chi connectivity index (χ1) is 12.0. The summed E-state index contributed by atoms with van der Waals surface area (Å²) in [6.07, 6.45) is 2.44. The quantitative estimate of drug-likeness (QED) is 0.751. The fourth-order valence-corrected chi connectivity index (χ4v) is 2.02. The van der Waals surface area contributed by atoms with Crippen LogP contribution < -0.4 is 15.4 Å². The summed E-state index contributed by atoms with van der Waals surface area (Å²) < 4.78 is 18.9. The van der Waals surface area contributed by atoms with E-state index in [0.717, 1.165) is 0 Å². The Morgan fingerprint density at radius 3 is 2.68 bits per heavy atom. The molecule has 2 rings (SSSR count). The number of hydrogen-bond donors (Lipinski definition) is 2. The molecule has 25 heavy (non-hydrogen) atoms. The molecule has 1 atom stereocenters. The van der Waals surface area contributed by atoms with Crippen LogP contribution in [0.1, 0.15) is 22.8 Å². The zero-order valence-electron chi connectivity index (χ0n) is 14.1. The zero-order chi connectivity index (χ0) is 18.2. The molecule has 7 heteroatoms. The first kappa shape index (κ1) is 18.4. The molecule has 0 radical (unpaired) electrons. The van der Waals surface area contributed by atoms with Crippen molar-refractivity contribution in [2.45, 2.75) is 20.0 Å². The lowest BCUT2D eigenvalue weighted by atomic mass is 10.1. The first-order valence-corrected chi connectivity index (χ1v) is 7.86. The molecule has 1 aromatic heterocycles. The van der Waals surface area contributed by atoms with Crippen molar-refractivity contribution in [3.8, 4) is 5.75 Å². The highest BCUT2D eigenvalue weighted by Gasteiger charge is 2.14. The highest BCUT2D eigenvalue weighted by atomic mass is 19.1. The van der Waals surface area contributed by atoms with Crippen molar-refractivity contribution in [2.24, 2.45) is 0 Å². The van der Waals surface area contributed by atoms with Gasteiger partial charge in [0.25, 0.3) is 11.8 Å². The molecule has 132 valence electrons. The lowest BCUT2D eigenvalue weighted by Crippen LogP contribution is -2.40. The molecule has 0 aliphatic carbocycles. The van der Waals surface area contributed by atoms with E-state index in [2.05, 4.69) is 15.6 Å². The third-order valence-electron chi connectivity index (χ3n) is 3.46. The summed E-state index contributed by atoms with van der Waals surface area (Å²) in [5.74, 6) is -0.630. The van der Waals surface area contributed by atoms with Crippen LogP contribution >= 0.6 is 0 Å². The predicted molar refractivity (Wildman–Crippen MR) is 90.8 cm³/mol. The van der Waals surface area contributed by atoms with Crippen molar-refractivity contribution in [2.75, 3.05) is 13.1 Å². The second-order valence-electron chi connectivity index (χ2n) is 5.46. The Hall–Kier alpha value is -2.96. The average Bonchev–Trinajstić information content (AvgIpc) is 2.61. The summed E-state index contributed by atoms with van der Waals surface area (Å²) in [6.45, 7) is 3.70. The molecular weight excluding hydrogens is 325 g/mol. The number of hydrogen-bond acceptors (Lipinski definition) is 4. The van der Waals surface area contributed by atoms with Gasteiger partial charge >= 0.3 is 0 Å². The van der Waals surface area contributed by atoms with Gasteiger partial charge in [-0.25, -0.2) is 4.39 Å². The van der Waals surface area contributed by atoms with Crippen LogP contribution in [-0.4, -0.2) is 36.0 Å². The van der Waals surface area contributed by atoms with E-state index in [1.54, 1.807) is 44.3 Å². The van der Waals surface area contributed by atoms with E-state index in [9.17, 15) is 14.0 Å². The van der Waals surface area contributed by atoms with E-state index < -0.39 is 17.8 Å². The van der Waals surface area contributed by atoms with Gasteiger partial charge in [0.1, 0.15) is 11.6 Å². The molecule has 0 aliphatic rings. The molecule has 0 fully saturated rings. The van der Waals surface area contributed by atoms with Gasteiger partial charge in [-0.3, -0.25) is 14.6 Å². The van der Waals surface area contributed by atoms with Gasteiger partial charge in [-0.1, -0.05) is 6.07 Å². The van der Waals surface area contributed by atoms with Gasteiger partial charge in [-0.05, 0) is 43.7 Å². The monoisotopic (exact) mass is 345 g/mol. The number of benzene rings is 1. The topological polar surface area (TPSA) is 80.3 Å². The third kappa shape index (κ3) is 5.56. The number of halogens is 1. The number of aryl methyl sites for hydroxylation is 1. The number of carbonyl (C=O) groups excluding carboxylic acids is 2. The molecule has 2 amide bonds. The SMILES string of the molecule is Cc1ccc(C(=O)NCCNC(=O)C(C)Oc2cccnc2)cc1F. The summed E-state index contributed by atoms with van der Waals surface area (Å²) in [5, 5.41) is 5.28. The zero-order valence-corrected chi connectivity index (χ0v) is 14.1. The minimum absolute atomic E-state index is 0.222. The number of nitrogens with zero attached hydrogens (tertiary/aromatic N) is 1. The molecule has 6 nitrogen and oxygen atoms in total. The molecule has 0 spiro atoms. The van der Waals surface area contributed by atoms with Gasteiger partial charge < -0.3 is 15.4 Å². The normalized spacial score (nSPS) is 11.5. The van der Waals surface area contributed by atoms with Gasteiger partial charge in [0.15, 0.2) is 6.10 Å². The maximum Gasteiger partial charge on any atom is 0.260 e. The van der Waals surface area contributed by atoms with Crippen LogP contribution in [0.5, 0.6) is 5.75 Å². The lowest BCUT2D eigenvalue weighted by Gasteiger charge is -2.14. The predicted octanol–water partition coefficient (Wildman–Crippen LogP) is 1.84. The second kappa shape index (κ2) is 8.77. The number of amides is 2. The Balaban J connectivity index is 1.72. The maximum absolute atomic E-state index is 13.4. The third-order valence-corrected chi connectivity index (χ3v) is 3.46. The second-order valence-corrected chi connectivity index (χ2v) is 5.46. The molecule has 0 saturated heterocycles. The summed E-state index contributed by atoms with van der Waals surface area (Å²) in [6, 6.07) is 7.70. The van der Waals surface area contributed by atoms with E-state index in [1.165, 1.54) is 12.3 Å². The van der Waals surface area contributed by atoms with Gasteiger partial charge in [0.2, 0.25) is 0 Å². The van der Waals surface area contributed by atoms with Crippen molar-refractivity contribution >= 4 is 11.8 Å². The van der Waals surface area contributed by atoms with Crippen LogP contribution in [0.3, 0.4) is 0 Å². The minimum Gasteiger partial charge on any atom is -0.479 e. The van der Waals surface area contributed by atoms with Crippen molar-refractivity contribution in [3.63, 3.8) is 0 Å². The fourth-order valence-electron chi connectivity index (χ4n) is 2.02. The Morgan fingerprint density at radius 2 is 2.00 bits per heavy atom. The summed E-state index contributed by atoms with van der Waals surface area (Å²) in [4.78, 5) is 27.7. The Kier molecular flexibility index (Phi) is 6.45. The van der Waals surface area contributed by atoms with Crippen LogP contribution in [0.15, 0.2) is 42.7 Å². The highest BCUT2D eigenvalue weighted by molar-refractivity contribution is 5.94. The van der Waals surface area contributed by atoms with Crippen LogP contribution in [0.25, 0.3) is 0 Å². The number of aromatic nitrogens is 1. The first-order valence-electron chi connectivity index (χ1n) is 7.86. The van der Waals surface area contributed by atoms with E-state index >= 15 is 0 Å². The Labute approximate surface area is 145 Å². The van der Waals surface area contributed by atoms with Crippen LogP contribution in [0, 0.1) is 12.7 Å². The number of ether oxygens (including phenoxy) is 1. The molecule has 1 aromatic carbocycles. The lowest BCUT2D eigenvalue weighted by molar-refractivity contribution is -0.127. The molecule has 0 saturated carbocycles. The van der Waals surface area contributed by atoms with Crippen molar-refractivity contribution in [1.29, 1.82) is 0 Å². The van der Waals surface area contributed by atoms with E-state index in [1.807, 2.05) is 0 Å². The van der Waals surface area contributed by atoms with Crippen LogP contribution in [-0.2, 0) is 4.79 Å². The van der Waals surface area contributed by atoms with E-state index in [-0.39, 0.29) is 24.6 Å². The highest BCUT2D eigenvalue weighted by Crippen LogP contribution is 2.09. The average molecular weight is 345 g/mol. The number of pyridine rings is 1. The van der Waals surface area contributed by atoms with Crippen LogP contribution in [0.2, 0.25) is 0 Å². The molecule has 2 N–H and O–H groups in total. The van der Waals surface area contributed by atoms with Crippen molar-refractivity contribution < 1.29 is 18.7 Å². The van der Waals surface area contributed by atoms with Gasteiger partial charge in [-0.2, -0.15) is 0 Å². The molecule has 0 aliphatic heterocycles. The minimum atomic E-state index is -0.689. The van der Waals surface area contributed by atoms with Crippen molar-refractivity contribution in [1.82, 2.24) is 15.6 Å². The molecular formula is C18H20FN3O3. The Bertz CT molecular complexity index is 738. The van der Waals surface area contributed by atoms with Gasteiger partial charge in [0.05, 0.1) is 6.20 Å². The van der Waals surface area contributed by atoms with Crippen LogP contribution in [0.4, 0.5) is 4.39 Å². The van der Waals surface area contributed by atoms with E-state index in [0.29, 0.717) is 11.3 Å². The van der Waals surface area contributed by atoms with Gasteiger partial charge in [0, 0.05) is 24.8 Å². The number of rotatable bonds is 7. The summed E-state index contributed by atoms with van der Waals surface area (Å²) in [5.41, 5.74) is 0.717. The molecule has 1 heterocycles. The standard InChI is InChI=1S/C18H20FN3O3/c1-12-5-6-14(10-16(12)19)18(24)22-9-8-21-17(23)13(2)25-15-4-3-7-20-11-15/h3-7,10-11,13H,8-9H2,1-2H3,(H,21,23)(H,22,24).